The number of aryl methyl sites for hydroxylation is 1. The molecule has 0 fully saturated rings. The number of aromatic hydroxyl groups is 1. The molecule has 2 rings (SSSR count). The lowest BCUT2D eigenvalue weighted by Gasteiger charge is -1.93. The molecule has 1 heterocycles. The monoisotopic (exact) mass is 273 g/mol. The van der Waals surface area contributed by atoms with Crippen molar-refractivity contribution in [3.8, 4) is 5.88 Å². The van der Waals surface area contributed by atoms with Gasteiger partial charge >= 0.3 is 0 Å². The van der Waals surface area contributed by atoms with Gasteiger partial charge in [-0.1, -0.05) is 6.07 Å². The number of halogens is 1. The van der Waals surface area contributed by atoms with E-state index in [0.717, 1.165) is 14.3 Å². The summed E-state index contributed by atoms with van der Waals surface area (Å²) in [4.78, 5) is 0. The van der Waals surface area contributed by atoms with E-state index < -0.39 is 0 Å². The zero-order valence-electron chi connectivity index (χ0n) is 6.58. The molecule has 2 aromatic rings. The molecule has 0 atom stereocenters. The van der Waals surface area contributed by atoms with E-state index in [9.17, 15) is 5.11 Å². The number of hydrogen-bond donors (Lipinski definition) is 1. The Morgan fingerprint density at radius 3 is 2.92 bits per heavy atom. The molecule has 62 valence electrons. The summed E-state index contributed by atoms with van der Waals surface area (Å²) < 4.78 is 2.86. The van der Waals surface area contributed by atoms with Gasteiger partial charge in [-0.2, -0.15) is 0 Å². The number of fused-ring (bicyclic) bond motifs is 1. The van der Waals surface area contributed by atoms with Crippen molar-refractivity contribution in [3.63, 3.8) is 0 Å². The first-order valence-corrected chi connectivity index (χ1v) is 4.70. The van der Waals surface area contributed by atoms with E-state index in [0.29, 0.717) is 5.88 Å². The molecule has 0 spiro atoms. The first-order chi connectivity index (χ1) is 5.68. The van der Waals surface area contributed by atoms with Crippen LogP contribution in [0.15, 0.2) is 24.4 Å². The smallest absolute Gasteiger partial charge is 0.198 e. The quantitative estimate of drug-likeness (QED) is 0.733. The molecule has 3 heteroatoms. The maximum atomic E-state index is 9.58. The van der Waals surface area contributed by atoms with Crippen molar-refractivity contribution in [2.75, 3.05) is 0 Å². The Hall–Kier alpha value is -0.710. The predicted molar refractivity (Wildman–Crippen MR) is 57.3 cm³/mol. The minimum Gasteiger partial charge on any atom is -0.494 e. The molecule has 1 N–H and O–H groups in total. The van der Waals surface area contributed by atoms with E-state index in [4.69, 9.17) is 0 Å². The second-order valence-corrected chi connectivity index (χ2v) is 4.04. The van der Waals surface area contributed by atoms with Gasteiger partial charge in [0.25, 0.3) is 0 Å². The lowest BCUT2D eigenvalue weighted by molar-refractivity contribution is 0.437. The molecule has 0 bridgehead atoms. The fourth-order valence-electron chi connectivity index (χ4n) is 1.29. The molecule has 0 radical (unpaired) electrons. The Morgan fingerprint density at radius 2 is 2.17 bits per heavy atom. The Labute approximate surface area is 84.0 Å². The summed E-state index contributed by atoms with van der Waals surface area (Å²) in [6, 6.07) is 6.02. The summed E-state index contributed by atoms with van der Waals surface area (Å²) in [6.07, 6.45) is 1.92. The Morgan fingerprint density at radius 1 is 1.42 bits per heavy atom. The molecule has 0 unspecified atom stereocenters. The highest BCUT2D eigenvalue weighted by Gasteiger charge is 2.04. The van der Waals surface area contributed by atoms with E-state index in [-0.39, 0.29) is 0 Å². The molecule has 0 amide bonds. The lowest BCUT2D eigenvalue weighted by Crippen LogP contribution is -1.80. The van der Waals surface area contributed by atoms with E-state index >= 15 is 0 Å². The van der Waals surface area contributed by atoms with Crippen LogP contribution in [0.25, 0.3) is 10.8 Å². The number of benzene rings is 1. The van der Waals surface area contributed by atoms with Crippen LogP contribution in [-0.4, -0.2) is 9.67 Å². The van der Waals surface area contributed by atoms with Gasteiger partial charge in [0.2, 0.25) is 0 Å². The van der Waals surface area contributed by atoms with Crippen LogP contribution in [-0.2, 0) is 7.05 Å². The normalized spacial score (nSPS) is 10.8. The molecular formula is C9H8INO. The first kappa shape index (κ1) is 7.91. The minimum absolute atomic E-state index is 0.337. The number of hydrogen-bond acceptors (Lipinski definition) is 1. The highest BCUT2D eigenvalue weighted by atomic mass is 127. The van der Waals surface area contributed by atoms with E-state index in [2.05, 4.69) is 22.6 Å². The topological polar surface area (TPSA) is 25.2 Å². The van der Waals surface area contributed by atoms with Gasteiger partial charge in [-0.15, -0.1) is 0 Å². The summed E-state index contributed by atoms with van der Waals surface area (Å²) in [6.45, 7) is 0. The number of aromatic nitrogens is 1. The van der Waals surface area contributed by atoms with Gasteiger partial charge in [-0.3, -0.25) is 0 Å². The zero-order valence-corrected chi connectivity index (χ0v) is 8.74. The van der Waals surface area contributed by atoms with Gasteiger partial charge < -0.3 is 9.67 Å². The molecule has 0 aliphatic carbocycles. The fraction of sp³-hybridized carbons (Fsp3) is 0.111. The van der Waals surface area contributed by atoms with Crippen molar-refractivity contribution in [2.45, 2.75) is 0 Å². The summed E-state index contributed by atoms with van der Waals surface area (Å²) in [5, 5.41) is 11.6. The van der Waals surface area contributed by atoms with E-state index in [1.807, 2.05) is 31.4 Å². The average molecular weight is 273 g/mol. The third-order valence-electron chi connectivity index (χ3n) is 1.92. The maximum absolute atomic E-state index is 9.58. The van der Waals surface area contributed by atoms with Crippen LogP contribution in [0, 0.1) is 3.57 Å². The van der Waals surface area contributed by atoms with Crippen molar-refractivity contribution >= 4 is 33.4 Å². The average Bonchev–Trinajstić information content (AvgIpc) is 2.31. The maximum Gasteiger partial charge on any atom is 0.198 e. The third-order valence-corrected chi connectivity index (χ3v) is 2.59. The van der Waals surface area contributed by atoms with Crippen molar-refractivity contribution in [1.29, 1.82) is 0 Å². The van der Waals surface area contributed by atoms with Crippen molar-refractivity contribution in [3.05, 3.63) is 28.0 Å². The van der Waals surface area contributed by atoms with Crippen molar-refractivity contribution < 1.29 is 5.11 Å². The first-order valence-electron chi connectivity index (χ1n) is 3.62. The Kier molecular flexibility index (Phi) is 1.75. The second-order valence-electron chi connectivity index (χ2n) is 2.80. The second kappa shape index (κ2) is 2.65. The van der Waals surface area contributed by atoms with Gasteiger partial charge in [0.1, 0.15) is 0 Å². The van der Waals surface area contributed by atoms with E-state index in [1.54, 1.807) is 4.57 Å². The summed E-state index contributed by atoms with van der Waals surface area (Å²) >= 11 is 2.23. The van der Waals surface area contributed by atoms with E-state index in [1.165, 1.54) is 0 Å². The van der Waals surface area contributed by atoms with Crippen LogP contribution in [0.3, 0.4) is 0 Å². The molecule has 0 saturated heterocycles. The molecule has 0 aliphatic rings. The SMILES string of the molecule is Cn1cc2ccc(I)cc2c1O. The van der Waals surface area contributed by atoms with Crippen LogP contribution >= 0.6 is 22.6 Å². The van der Waals surface area contributed by atoms with Gasteiger partial charge in [0.05, 0.1) is 0 Å². The third kappa shape index (κ3) is 1.08. The molecular weight excluding hydrogens is 265 g/mol. The highest BCUT2D eigenvalue weighted by molar-refractivity contribution is 14.1. The molecule has 1 aromatic carbocycles. The Balaban J connectivity index is 2.88. The van der Waals surface area contributed by atoms with Crippen LogP contribution in [0.1, 0.15) is 0 Å². The standard InChI is InChI=1S/C9H8INO/c1-11-5-6-2-3-7(10)4-8(6)9(11)12/h2-5,12H,1H3. The predicted octanol–water partition coefficient (Wildman–Crippen LogP) is 2.49. The summed E-state index contributed by atoms with van der Waals surface area (Å²) in [5.74, 6) is 0.337. The van der Waals surface area contributed by atoms with Crippen molar-refractivity contribution in [2.24, 2.45) is 7.05 Å². The fourth-order valence-corrected chi connectivity index (χ4v) is 1.79. The van der Waals surface area contributed by atoms with Gasteiger partial charge in [-0.25, -0.2) is 0 Å². The lowest BCUT2D eigenvalue weighted by atomic mass is 10.2. The zero-order chi connectivity index (χ0) is 8.72. The largest absolute Gasteiger partial charge is 0.494 e. The summed E-state index contributed by atoms with van der Waals surface area (Å²) in [7, 11) is 1.84. The molecule has 0 saturated carbocycles. The number of nitrogens with zero attached hydrogens (tertiary/aromatic N) is 1. The minimum atomic E-state index is 0.337. The molecule has 2 nitrogen and oxygen atoms in total. The van der Waals surface area contributed by atoms with Gasteiger partial charge in [-0.05, 0) is 34.7 Å². The van der Waals surface area contributed by atoms with Gasteiger partial charge in [0, 0.05) is 27.6 Å². The van der Waals surface area contributed by atoms with Crippen LogP contribution in [0.5, 0.6) is 5.88 Å². The molecule has 0 aliphatic heterocycles. The van der Waals surface area contributed by atoms with Crippen LogP contribution in [0.4, 0.5) is 0 Å². The van der Waals surface area contributed by atoms with Crippen molar-refractivity contribution in [1.82, 2.24) is 4.57 Å². The molecule has 12 heavy (non-hydrogen) atoms. The van der Waals surface area contributed by atoms with Crippen LogP contribution in [0.2, 0.25) is 0 Å². The Bertz CT molecular complexity index is 433. The highest BCUT2D eigenvalue weighted by Crippen LogP contribution is 2.27. The number of rotatable bonds is 0. The summed E-state index contributed by atoms with van der Waals surface area (Å²) in [5.41, 5.74) is 0. The van der Waals surface area contributed by atoms with Gasteiger partial charge in [0.15, 0.2) is 5.88 Å². The molecule has 1 aromatic heterocycles. The van der Waals surface area contributed by atoms with Crippen LogP contribution < -0.4 is 0 Å².